The molecule has 0 saturated heterocycles. The van der Waals surface area contributed by atoms with Gasteiger partial charge < -0.3 is 15.1 Å². The van der Waals surface area contributed by atoms with E-state index in [9.17, 15) is 0 Å². The third-order valence-electron chi connectivity index (χ3n) is 7.31. The second-order valence-electron chi connectivity index (χ2n) is 9.96. The van der Waals surface area contributed by atoms with E-state index in [1.165, 1.54) is 27.8 Å². The van der Waals surface area contributed by atoms with Crippen LogP contribution in [0.4, 0.5) is 0 Å². The minimum Gasteiger partial charge on any atom is -0.390 e. The summed E-state index contributed by atoms with van der Waals surface area (Å²) in [7, 11) is 2.18. The van der Waals surface area contributed by atoms with Crippen molar-refractivity contribution in [3.63, 3.8) is 0 Å². The maximum atomic E-state index is 6.39. The largest absolute Gasteiger partial charge is 0.390 e. The van der Waals surface area contributed by atoms with E-state index in [-0.39, 0.29) is 12.1 Å². The first-order valence-corrected chi connectivity index (χ1v) is 14.0. The summed E-state index contributed by atoms with van der Waals surface area (Å²) in [6.45, 7) is 11.8. The van der Waals surface area contributed by atoms with Gasteiger partial charge >= 0.3 is 0 Å². The molecule has 2 atom stereocenters. The monoisotopic (exact) mass is 534 g/mol. The molecule has 2 aromatic carbocycles. The van der Waals surface area contributed by atoms with Gasteiger partial charge in [0.1, 0.15) is 11.9 Å². The van der Waals surface area contributed by atoms with Crippen molar-refractivity contribution >= 4 is 30.1 Å². The highest BCUT2D eigenvalue weighted by Crippen LogP contribution is 2.40. The number of benzene rings is 2. The number of aliphatic imine (C=N–C) groups is 1. The van der Waals surface area contributed by atoms with Gasteiger partial charge in [-0.1, -0.05) is 61.0 Å². The van der Waals surface area contributed by atoms with Crippen LogP contribution in [0, 0.1) is 6.92 Å². The number of halogens is 1. The molecule has 196 valence electrons. The molecule has 6 heteroatoms. The first-order chi connectivity index (χ1) is 17.9. The van der Waals surface area contributed by atoms with Crippen LogP contribution in [-0.2, 0) is 6.42 Å². The van der Waals surface area contributed by atoms with Gasteiger partial charge in [0.15, 0.2) is 0 Å². The molecule has 0 fully saturated rings. The van der Waals surface area contributed by atoms with Crippen LogP contribution >= 0.6 is 24.2 Å². The Morgan fingerprint density at radius 1 is 1.16 bits per heavy atom. The zero-order valence-electron chi connectivity index (χ0n) is 22.3. The molecule has 0 aromatic heterocycles. The Morgan fingerprint density at radius 2 is 1.95 bits per heavy atom. The zero-order valence-corrected chi connectivity index (χ0v) is 23.9. The second-order valence-corrected chi connectivity index (χ2v) is 11.0. The minimum atomic E-state index is 0.0280. The SMILES string of the molecule is C=CNCCN(C)CCN1C(c2ccc(S)cc2CC)=NC(c2ccc(C)cc2)C1C1=CC=C(Cl)CC1. The molecule has 0 amide bonds. The maximum Gasteiger partial charge on any atom is 0.132 e. The molecule has 2 aromatic rings. The van der Waals surface area contributed by atoms with Crippen LogP contribution in [0.25, 0.3) is 0 Å². The topological polar surface area (TPSA) is 30.9 Å². The molecule has 1 heterocycles. The fourth-order valence-electron chi connectivity index (χ4n) is 5.18. The van der Waals surface area contributed by atoms with Crippen LogP contribution in [0.15, 0.2) is 87.9 Å². The summed E-state index contributed by atoms with van der Waals surface area (Å²) in [5.41, 5.74) is 6.40. The molecular formula is C31H39ClN4S. The lowest BCUT2D eigenvalue weighted by atomic mass is 9.88. The van der Waals surface area contributed by atoms with Crippen molar-refractivity contribution in [2.75, 3.05) is 33.2 Å². The van der Waals surface area contributed by atoms with Gasteiger partial charge in [-0.2, -0.15) is 0 Å². The van der Waals surface area contributed by atoms with E-state index in [0.29, 0.717) is 0 Å². The quantitative estimate of drug-likeness (QED) is 0.254. The molecule has 4 rings (SSSR count). The van der Waals surface area contributed by atoms with Gasteiger partial charge in [0.25, 0.3) is 0 Å². The Morgan fingerprint density at radius 3 is 2.62 bits per heavy atom. The molecule has 37 heavy (non-hydrogen) atoms. The van der Waals surface area contributed by atoms with Crippen molar-refractivity contribution in [2.45, 2.75) is 50.1 Å². The number of thiol groups is 1. The van der Waals surface area contributed by atoms with E-state index in [1.807, 2.05) is 0 Å². The Kier molecular flexibility index (Phi) is 9.58. The van der Waals surface area contributed by atoms with Crippen LogP contribution in [0.1, 0.15) is 48.1 Å². The summed E-state index contributed by atoms with van der Waals surface area (Å²) in [5, 5.41) is 4.13. The molecule has 0 radical (unpaired) electrons. The lowest BCUT2D eigenvalue weighted by Gasteiger charge is -2.35. The Hall–Kier alpha value is -2.47. The van der Waals surface area contributed by atoms with E-state index in [0.717, 1.165) is 61.2 Å². The highest BCUT2D eigenvalue weighted by atomic mass is 35.5. The van der Waals surface area contributed by atoms with Gasteiger partial charge in [0.05, 0.1) is 6.04 Å². The highest BCUT2D eigenvalue weighted by Gasteiger charge is 2.40. The molecule has 1 aliphatic heterocycles. The van der Waals surface area contributed by atoms with E-state index < -0.39 is 0 Å². The minimum absolute atomic E-state index is 0.0280. The third kappa shape index (κ3) is 6.70. The Bertz CT molecular complexity index is 1180. The van der Waals surface area contributed by atoms with E-state index in [4.69, 9.17) is 16.6 Å². The summed E-state index contributed by atoms with van der Waals surface area (Å²) in [4.78, 5) is 11.4. The third-order valence-corrected chi connectivity index (χ3v) is 7.91. The van der Waals surface area contributed by atoms with Crippen molar-refractivity contribution in [3.8, 4) is 0 Å². The standard InChI is InChI=1S/C31H39ClN4S/c1-5-23-21-27(37)15-16-28(23)31-34-29(24-9-7-22(3)8-10-24)30(25-11-13-26(32)14-12-25)36(31)20-19-35(4)18-17-33-6-2/h6-11,13,15-16,21,29-30,33,37H,2,5,12,14,17-20H2,1,3-4H3. The molecule has 0 saturated carbocycles. The fraction of sp³-hybridized carbons (Fsp3) is 0.387. The molecule has 0 bridgehead atoms. The zero-order chi connectivity index (χ0) is 26.4. The van der Waals surface area contributed by atoms with Crippen molar-refractivity contribution < 1.29 is 0 Å². The predicted molar refractivity (Wildman–Crippen MR) is 161 cm³/mol. The Balaban J connectivity index is 1.76. The van der Waals surface area contributed by atoms with Crippen molar-refractivity contribution in [1.82, 2.24) is 15.1 Å². The van der Waals surface area contributed by atoms with Crippen LogP contribution in [-0.4, -0.2) is 54.9 Å². The molecule has 2 unspecified atom stereocenters. The predicted octanol–water partition coefficient (Wildman–Crippen LogP) is 6.53. The molecule has 2 aliphatic rings. The first-order valence-electron chi connectivity index (χ1n) is 13.2. The second kappa shape index (κ2) is 12.9. The van der Waals surface area contributed by atoms with Gasteiger partial charge in [0, 0.05) is 41.7 Å². The van der Waals surface area contributed by atoms with Crippen LogP contribution in [0.3, 0.4) is 0 Å². The number of hydrogen-bond donors (Lipinski definition) is 2. The van der Waals surface area contributed by atoms with Crippen LogP contribution < -0.4 is 5.32 Å². The number of rotatable bonds is 11. The normalized spacial score (nSPS) is 19.5. The number of nitrogens with one attached hydrogen (secondary N) is 1. The van der Waals surface area contributed by atoms with E-state index >= 15 is 0 Å². The molecule has 4 nitrogen and oxygen atoms in total. The molecule has 1 N–H and O–H groups in total. The number of aryl methyl sites for hydroxylation is 2. The summed E-state index contributed by atoms with van der Waals surface area (Å²) in [5.74, 6) is 1.08. The van der Waals surface area contributed by atoms with Crippen molar-refractivity contribution in [3.05, 3.63) is 100 Å². The smallest absolute Gasteiger partial charge is 0.132 e. The van der Waals surface area contributed by atoms with Gasteiger partial charge in [-0.15, -0.1) is 12.6 Å². The van der Waals surface area contributed by atoms with Gasteiger partial charge in [0.2, 0.25) is 0 Å². The lowest BCUT2D eigenvalue weighted by Crippen LogP contribution is -2.44. The number of allylic oxidation sites excluding steroid dienone is 3. The summed E-state index contributed by atoms with van der Waals surface area (Å²) < 4.78 is 0. The van der Waals surface area contributed by atoms with Crippen molar-refractivity contribution in [2.24, 2.45) is 4.99 Å². The first kappa shape index (κ1) is 27.6. The number of nitrogens with zero attached hydrogens (tertiary/aromatic N) is 3. The average Bonchev–Trinajstić information content (AvgIpc) is 3.27. The fourth-order valence-corrected chi connectivity index (χ4v) is 5.57. The number of likely N-dealkylation sites (N-methyl/N-ethyl adjacent to an activating group) is 1. The van der Waals surface area contributed by atoms with Gasteiger partial charge in [-0.3, -0.25) is 4.99 Å². The van der Waals surface area contributed by atoms with Crippen LogP contribution in [0.5, 0.6) is 0 Å². The lowest BCUT2D eigenvalue weighted by molar-refractivity contribution is 0.265. The van der Waals surface area contributed by atoms with E-state index in [1.54, 1.807) is 6.20 Å². The van der Waals surface area contributed by atoms with Gasteiger partial charge in [-0.05, 0) is 80.4 Å². The van der Waals surface area contributed by atoms with Crippen LogP contribution in [0.2, 0.25) is 0 Å². The number of amidine groups is 1. The molecular weight excluding hydrogens is 496 g/mol. The molecule has 1 aliphatic carbocycles. The molecule has 0 spiro atoms. The summed E-state index contributed by atoms with van der Waals surface area (Å²) in [6, 6.07) is 15.5. The van der Waals surface area contributed by atoms with Crippen molar-refractivity contribution in [1.29, 1.82) is 0 Å². The maximum absolute atomic E-state index is 6.39. The average molecular weight is 535 g/mol. The summed E-state index contributed by atoms with van der Waals surface area (Å²) >= 11 is 11.0. The van der Waals surface area contributed by atoms with E-state index in [2.05, 4.69) is 110 Å². The number of hydrogen-bond acceptors (Lipinski definition) is 5. The summed E-state index contributed by atoms with van der Waals surface area (Å²) in [6.07, 6.45) is 8.84. The Labute approximate surface area is 233 Å². The van der Waals surface area contributed by atoms with Gasteiger partial charge in [-0.25, -0.2) is 0 Å². The highest BCUT2D eigenvalue weighted by molar-refractivity contribution is 7.80.